The Morgan fingerprint density at radius 2 is 2.07 bits per heavy atom. The van der Waals surface area contributed by atoms with Crippen molar-refractivity contribution in [3.05, 3.63) is 48.4 Å². The Morgan fingerprint density at radius 3 is 2.77 bits per heavy atom. The number of carbonyl (C=O) groups is 1. The van der Waals surface area contributed by atoms with Gasteiger partial charge in [-0.1, -0.05) is 11.8 Å². The van der Waals surface area contributed by atoms with E-state index >= 15 is 0 Å². The minimum Gasteiger partial charge on any atom is -0.497 e. The van der Waals surface area contributed by atoms with E-state index in [-0.39, 0.29) is 5.91 Å². The summed E-state index contributed by atoms with van der Waals surface area (Å²) >= 11 is 1.43. The van der Waals surface area contributed by atoms with Crippen molar-refractivity contribution in [1.82, 2.24) is 19.7 Å². The van der Waals surface area contributed by atoms with Crippen LogP contribution < -0.4 is 4.74 Å². The van der Waals surface area contributed by atoms with Crippen LogP contribution in [0, 0.1) is 0 Å². The molecule has 1 saturated heterocycles. The number of hydrogen-bond donors (Lipinski definition) is 0. The number of nitrogens with zero attached hydrogens (tertiary/aromatic N) is 4. The van der Waals surface area contributed by atoms with Crippen LogP contribution in [-0.2, 0) is 11.3 Å². The van der Waals surface area contributed by atoms with E-state index in [9.17, 15) is 4.79 Å². The van der Waals surface area contributed by atoms with E-state index in [4.69, 9.17) is 9.15 Å². The van der Waals surface area contributed by atoms with Crippen LogP contribution in [0.4, 0.5) is 0 Å². The van der Waals surface area contributed by atoms with Crippen molar-refractivity contribution in [2.75, 3.05) is 19.4 Å². The Balaban J connectivity index is 1.55. The van der Waals surface area contributed by atoms with Gasteiger partial charge in [-0.3, -0.25) is 9.36 Å². The van der Waals surface area contributed by atoms with Crippen LogP contribution in [0.1, 0.15) is 31.9 Å². The smallest absolute Gasteiger partial charge is 0.233 e. The molecule has 3 heterocycles. The molecule has 30 heavy (non-hydrogen) atoms. The van der Waals surface area contributed by atoms with Crippen molar-refractivity contribution in [1.29, 1.82) is 0 Å². The van der Waals surface area contributed by atoms with Gasteiger partial charge in [0.25, 0.3) is 0 Å². The van der Waals surface area contributed by atoms with Crippen LogP contribution in [0.3, 0.4) is 0 Å². The predicted octanol–water partition coefficient (Wildman–Crippen LogP) is 4.09. The molecule has 0 aliphatic carbocycles. The molecule has 0 bridgehead atoms. The summed E-state index contributed by atoms with van der Waals surface area (Å²) in [6.45, 7) is 3.47. The van der Waals surface area contributed by atoms with Gasteiger partial charge in [0.05, 0.1) is 25.7 Å². The second kappa shape index (κ2) is 9.38. The highest BCUT2D eigenvalue weighted by Gasteiger charge is 2.24. The number of aromatic nitrogens is 3. The first kappa shape index (κ1) is 20.5. The van der Waals surface area contributed by atoms with Crippen molar-refractivity contribution >= 4 is 17.7 Å². The fourth-order valence-electron chi connectivity index (χ4n) is 3.73. The monoisotopic (exact) mass is 426 g/mol. The van der Waals surface area contributed by atoms with Gasteiger partial charge in [0.15, 0.2) is 11.0 Å². The SMILES string of the molecule is COc1ccc(-c2nnc(SCC(=O)N3CCCCC3C)n2Cc2ccco2)cc1. The van der Waals surface area contributed by atoms with E-state index in [2.05, 4.69) is 17.1 Å². The summed E-state index contributed by atoms with van der Waals surface area (Å²) in [5, 5.41) is 9.50. The van der Waals surface area contributed by atoms with E-state index in [1.807, 2.05) is 45.9 Å². The molecule has 1 fully saturated rings. The third kappa shape index (κ3) is 4.53. The van der Waals surface area contributed by atoms with E-state index in [1.54, 1.807) is 13.4 Å². The van der Waals surface area contributed by atoms with E-state index in [0.29, 0.717) is 23.5 Å². The number of furan rings is 1. The molecule has 1 atom stereocenters. The lowest BCUT2D eigenvalue weighted by atomic mass is 10.0. The highest BCUT2D eigenvalue weighted by atomic mass is 32.2. The lowest BCUT2D eigenvalue weighted by Gasteiger charge is -2.33. The van der Waals surface area contributed by atoms with Crippen molar-refractivity contribution < 1.29 is 13.9 Å². The highest BCUT2D eigenvalue weighted by molar-refractivity contribution is 7.99. The number of hydrogen-bond acceptors (Lipinski definition) is 6. The third-order valence-electron chi connectivity index (χ3n) is 5.41. The molecule has 158 valence electrons. The van der Waals surface area contributed by atoms with Gasteiger partial charge in [0.2, 0.25) is 5.91 Å². The summed E-state index contributed by atoms with van der Waals surface area (Å²) in [7, 11) is 1.64. The molecule has 1 amide bonds. The molecular weight excluding hydrogens is 400 g/mol. The van der Waals surface area contributed by atoms with E-state index in [0.717, 1.165) is 42.3 Å². The topological polar surface area (TPSA) is 73.4 Å². The van der Waals surface area contributed by atoms with Crippen molar-refractivity contribution in [2.45, 2.75) is 43.9 Å². The number of amides is 1. The summed E-state index contributed by atoms with van der Waals surface area (Å²) < 4.78 is 12.8. The van der Waals surface area contributed by atoms with Crippen LogP contribution in [0.25, 0.3) is 11.4 Å². The molecular formula is C22H26N4O3S. The number of ether oxygens (including phenoxy) is 1. The van der Waals surface area contributed by atoms with Crippen molar-refractivity contribution in [3.63, 3.8) is 0 Å². The zero-order chi connectivity index (χ0) is 20.9. The van der Waals surface area contributed by atoms with Gasteiger partial charge in [-0.05, 0) is 62.6 Å². The Labute approximate surface area is 180 Å². The standard InChI is InChI=1S/C22H26N4O3S/c1-16-6-3-4-12-25(16)20(27)15-30-22-24-23-21(17-8-10-18(28-2)11-9-17)26(22)14-19-7-5-13-29-19/h5,7-11,13,16H,3-4,6,12,14-15H2,1-2H3. The minimum atomic E-state index is 0.158. The van der Waals surface area contributed by atoms with Gasteiger partial charge in [0, 0.05) is 18.2 Å². The van der Waals surface area contributed by atoms with Gasteiger partial charge in [-0.25, -0.2) is 0 Å². The number of rotatable bonds is 7. The first-order valence-electron chi connectivity index (χ1n) is 10.2. The second-order valence-corrected chi connectivity index (χ2v) is 8.36. The zero-order valence-electron chi connectivity index (χ0n) is 17.3. The molecule has 1 aromatic carbocycles. The summed E-state index contributed by atoms with van der Waals surface area (Å²) in [6.07, 6.45) is 5.01. The molecule has 7 nitrogen and oxygen atoms in total. The first-order valence-corrected chi connectivity index (χ1v) is 11.2. The molecule has 1 unspecified atom stereocenters. The Hall–Kier alpha value is -2.74. The molecule has 2 aromatic heterocycles. The lowest BCUT2D eigenvalue weighted by molar-refractivity contribution is -0.131. The Morgan fingerprint density at radius 1 is 1.23 bits per heavy atom. The second-order valence-electron chi connectivity index (χ2n) is 7.42. The van der Waals surface area contributed by atoms with Crippen molar-refractivity contribution in [2.24, 2.45) is 0 Å². The predicted molar refractivity (Wildman–Crippen MR) is 116 cm³/mol. The maximum absolute atomic E-state index is 12.8. The summed E-state index contributed by atoms with van der Waals surface area (Å²) in [5.41, 5.74) is 0.928. The van der Waals surface area contributed by atoms with Crippen LogP contribution in [0.2, 0.25) is 0 Å². The fourth-order valence-corrected chi connectivity index (χ4v) is 4.55. The van der Waals surface area contributed by atoms with Gasteiger partial charge in [0.1, 0.15) is 11.5 Å². The van der Waals surface area contributed by atoms with Crippen LogP contribution >= 0.6 is 11.8 Å². The molecule has 0 saturated carbocycles. The number of likely N-dealkylation sites (tertiary alicyclic amines) is 1. The van der Waals surface area contributed by atoms with Crippen molar-refractivity contribution in [3.8, 4) is 17.1 Å². The molecule has 1 aliphatic heterocycles. The van der Waals surface area contributed by atoms with Gasteiger partial charge < -0.3 is 14.1 Å². The lowest BCUT2D eigenvalue weighted by Crippen LogP contribution is -2.43. The van der Waals surface area contributed by atoms with Crippen LogP contribution in [0.5, 0.6) is 5.75 Å². The van der Waals surface area contributed by atoms with E-state index in [1.165, 1.54) is 18.2 Å². The van der Waals surface area contributed by atoms with Crippen LogP contribution in [-0.4, -0.2) is 51.0 Å². The maximum atomic E-state index is 12.8. The average Bonchev–Trinajstić information content (AvgIpc) is 3.43. The maximum Gasteiger partial charge on any atom is 0.233 e. The summed E-state index contributed by atoms with van der Waals surface area (Å²) in [4.78, 5) is 14.8. The molecule has 0 N–H and O–H groups in total. The van der Waals surface area contributed by atoms with Gasteiger partial charge >= 0.3 is 0 Å². The molecule has 0 spiro atoms. The van der Waals surface area contributed by atoms with Crippen LogP contribution in [0.15, 0.2) is 52.2 Å². The largest absolute Gasteiger partial charge is 0.497 e. The summed E-state index contributed by atoms with van der Waals surface area (Å²) in [5.74, 6) is 2.83. The number of carbonyl (C=O) groups excluding carboxylic acids is 1. The third-order valence-corrected chi connectivity index (χ3v) is 6.36. The number of benzene rings is 1. The Bertz CT molecular complexity index is 969. The van der Waals surface area contributed by atoms with E-state index < -0.39 is 0 Å². The molecule has 0 radical (unpaired) electrons. The fraction of sp³-hybridized carbons (Fsp3) is 0.409. The number of piperidine rings is 1. The minimum absolute atomic E-state index is 0.158. The number of methoxy groups -OCH3 is 1. The number of thioether (sulfide) groups is 1. The summed E-state index contributed by atoms with van der Waals surface area (Å²) in [6, 6.07) is 11.8. The molecule has 4 rings (SSSR count). The van der Waals surface area contributed by atoms with Gasteiger partial charge in [-0.2, -0.15) is 0 Å². The molecule has 1 aliphatic rings. The molecule has 3 aromatic rings. The quantitative estimate of drug-likeness (QED) is 0.530. The Kier molecular flexibility index (Phi) is 6.42. The first-order chi connectivity index (χ1) is 14.7. The normalized spacial score (nSPS) is 16.6. The molecule has 8 heteroatoms. The average molecular weight is 427 g/mol. The highest BCUT2D eigenvalue weighted by Crippen LogP contribution is 2.27. The zero-order valence-corrected chi connectivity index (χ0v) is 18.1. The van der Waals surface area contributed by atoms with Gasteiger partial charge in [-0.15, -0.1) is 10.2 Å².